The molecule has 0 aliphatic carbocycles. The third-order valence-electron chi connectivity index (χ3n) is 3.74. The van der Waals surface area contributed by atoms with Crippen molar-refractivity contribution >= 4 is 11.8 Å². The highest BCUT2D eigenvalue weighted by Crippen LogP contribution is 2.19. The SMILES string of the molecule is CCOC(=O)c1c(C)[nH]c(C)c1C(=O)C[NH+]1CCOCC1. The van der Waals surface area contributed by atoms with Crippen molar-refractivity contribution in [3.63, 3.8) is 0 Å². The number of carbonyl (C=O) groups excluding carboxylic acids is 2. The molecule has 6 heteroatoms. The number of ether oxygens (including phenoxy) is 2. The average molecular weight is 295 g/mol. The molecule has 2 N–H and O–H groups in total. The minimum atomic E-state index is -0.431. The summed E-state index contributed by atoms with van der Waals surface area (Å²) < 4.78 is 10.4. The summed E-state index contributed by atoms with van der Waals surface area (Å²) in [5, 5.41) is 0. The number of morpholine rings is 1. The van der Waals surface area contributed by atoms with E-state index in [4.69, 9.17) is 9.47 Å². The lowest BCUT2D eigenvalue weighted by atomic mass is 10.0. The summed E-state index contributed by atoms with van der Waals surface area (Å²) in [4.78, 5) is 28.9. The lowest BCUT2D eigenvalue weighted by Gasteiger charge is -2.23. The molecular formula is C15H23N2O4+. The number of quaternary nitrogens is 1. The molecule has 0 bridgehead atoms. The van der Waals surface area contributed by atoms with Crippen LogP contribution in [0, 0.1) is 13.8 Å². The number of carbonyl (C=O) groups is 2. The van der Waals surface area contributed by atoms with Crippen molar-refractivity contribution < 1.29 is 24.0 Å². The van der Waals surface area contributed by atoms with Crippen LogP contribution in [-0.2, 0) is 9.47 Å². The minimum Gasteiger partial charge on any atom is -0.462 e. The Balaban J connectivity index is 2.21. The molecule has 0 spiro atoms. The number of aromatic amines is 1. The number of hydrogen-bond donors (Lipinski definition) is 2. The van der Waals surface area contributed by atoms with Crippen molar-refractivity contribution in [3.8, 4) is 0 Å². The fraction of sp³-hybridized carbons (Fsp3) is 0.600. The van der Waals surface area contributed by atoms with Crippen LogP contribution in [0.2, 0.25) is 0 Å². The number of aryl methyl sites for hydroxylation is 2. The second kappa shape index (κ2) is 6.87. The predicted molar refractivity (Wildman–Crippen MR) is 76.9 cm³/mol. The van der Waals surface area contributed by atoms with Crippen LogP contribution in [-0.4, -0.2) is 56.2 Å². The Kier molecular flexibility index (Phi) is 5.14. The van der Waals surface area contributed by atoms with Crippen molar-refractivity contribution in [2.24, 2.45) is 0 Å². The molecule has 0 radical (unpaired) electrons. The Morgan fingerprint density at radius 3 is 2.43 bits per heavy atom. The molecule has 0 atom stereocenters. The number of aromatic nitrogens is 1. The molecule has 2 rings (SSSR count). The molecule has 1 aromatic heterocycles. The Morgan fingerprint density at radius 2 is 1.81 bits per heavy atom. The molecule has 0 saturated carbocycles. The summed E-state index contributed by atoms with van der Waals surface area (Å²) in [6, 6.07) is 0. The summed E-state index contributed by atoms with van der Waals surface area (Å²) in [6.07, 6.45) is 0. The Bertz CT molecular complexity index is 530. The van der Waals surface area contributed by atoms with Crippen molar-refractivity contribution in [3.05, 3.63) is 22.5 Å². The van der Waals surface area contributed by atoms with E-state index in [0.29, 0.717) is 43.2 Å². The first-order chi connectivity index (χ1) is 10.0. The van der Waals surface area contributed by atoms with E-state index in [9.17, 15) is 9.59 Å². The van der Waals surface area contributed by atoms with Gasteiger partial charge in [-0.1, -0.05) is 0 Å². The second-order valence-corrected chi connectivity index (χ2v) is 5.31. The molecule has 21 heavy (non-hydrogen) atoms. The molecule has 1 aliphatic heterocycles. The van der Waals surface area contributed by atoms with Crippen LogP contribution < -0.4 is 4.90 Å². The second-order valence-electron chi connectivity index (χ2n) is 5.31. The monoisotopic (exact) mass is 295 g/mol. The van der Waals surface area contributed by atoms with E-state index in [2.05, 4.69) is 4.98 Å². The fourth-order valence-electron chi connectivity index (χ4n) is 2.74. The number of ketones is 1. The highest BCUT2D eigenvalue weighted by molar-refractivity contribution is 6.08. The van der Waals surface area contributed by atoms with Crippen LogP contribution in [0.3, 0.4) is 0 Å². The zero-order valence-corrected chi connectivity index (χ0v) is 12.9. The van der Waals surface area contributed by atoms with E-state index >= 15 is 0 Å². The highest BCUT2D eigenvalue weighted by atomic mass is 16.5. The summed E-state index contributed by atoms with van der Waals surface area (Å²) >= 11 is 0. The quantitative estimate of drug-likeness (QED) is 0.588. The topological polar surface area (TPSA) is 72.8 Å². The largest absolute Gasteiger partial charge is 0.462 e. The zero-order valence-electron chi connectivity index (χ0n) is 12.9. The molecule has 0 unspecified atom stereocenters. The molecule has 6 nitrogen and oxygen atoms in total. The molecule has 0 aromatic carbocycles. The first-order valence-corrected chi connectivity index (χ1v) is 7.35. The van der Waals surface area contributed by atoms with Gasteiger partial charge in [0.1, 0.15) is 19.6 Å². The van der Waals surface area contributed by atoms with Crippen LogP contribution in [0.4, 0.5) is 0 Å². The van der Waals surface area contributed by atoms with Crippen LogP contribution in [0.25, 0.3) is 0 Å². The Hall–Kier alpha value is -1.66. The first-order valence-electron chi connectivity index (χ1n) is 7.35. The van der Waals surface area contributed by atoms with Crippen LogP contribution >= 0.6 is 0 Å². The molecule has 1 fully saturated rings. The number of Topliss-reactive ketones (excluding diaryl/α,β-unsaturated/α-hetero) is 1. The van der Waals surface area contributed by atoms with Gasteiger partial charge in [0.15, 0.2) is 0 Å². The van der Waals surface area contributed by atoms with Gasteiger partial charge in [0, 0.05) is 11.4 Å². The Labute approximate surface area is 124 Å². The van der Waals surface area contributed by atoms with Gasteiger partial charge < -0.3 is 19.4 Å². The third-order valence-corrected chi connectivity index (χ3v) is 3.74. The van der Waals surface area contributed by atoms with Gasteiger partial charge in [-0.05, 0) is 20.8 Å². The normalized spacial score (nSPS) is 16.0. The van der Waals surface area contributed by atoms with Crippen LogP contribution in [0.15, 0.2) is 0 Å². The van der Waals surface area contributed by atoms with E-state index in [1.54, 1.807) is 13.8 Å². The maximum Gasteiger partial charge on any atom is 0.340 e. The molecule has 1 aromatic rings. The summed E-state index contributed by atoms with van der Waals surface area (Å²) in [6.45, 7) is 9.04. The number of hydrogen-bond acceptors (Lipinski definition) is 4. The van der Waals surface area contributed by atoms with Crippen molar-refractivity contribution in [2.45, 2.75) is 20.8 Å². The van der Waals surface area contributed by atoms with Gasteiger partial charge in [-0.3, -0.25) is 4.79 Å². The van der Waals surface area contributed by atoms with Gasteiger partial charge in [-0.15, -0.1) is 0 Å². The van der Waals surface area contributed by atoms with E-state index < -0.39 is 5.97 Å². The first kappa shape index (κ1) is 15.7. The van der Waals surface area contributed by atoms with E-state index in [-0.39, 0.29) is 5.78 Å². The van der Waals surface area contributed by atoms with E-state index in [0.717, 1.165) is 18.8 Å². The van der Waals surface area contributed by atoms with Gasteiger partial charge in [-0.2, -0.15) is 0 Å². The third kappa shape index (κ3) is 3.51. The standard InChI is InChI=1S/C15H22N2O4/c1-4-21-15(19)14-11(3)16-10(2)13(14)12(18)9-17-5-7-20-8-6-17/h16H,4-9H2,1-3H3/p+1. The zero-order chi connectivity index (χ0) is 15.4. The highest BCUT2D eigenvalue weighted by Gasteiger charge is 2.28. The van der Waals surface area contributed by atoms with Gasteiger partial charge in [0.05, 0.1) is 30.9 Å². The molecule has 116 valence electrons. The predicted octanol–water partition coefficient (Wildman–Crippen LogP) is -0.0940. The molecule has 2 heterocycles. The van der Waals surface area contributed by atoms with Gasteiger partial charge in [0.2, 0.25) is 5.78 Å². The van der Waals surface area contributed by atoms with Crippen LogP contribution in [0.5, 0.6) is 0 Å². The summed E-state index contributed by atoms with van der Waals surface area (Å²) in [7, 11) is 0. The van der Waals surface area contributed by atoms with Gasteiger partial charge in [0.25, 0.3) is 0 Å². The molecule has 0 amide bonds. The van der Waals surface area contributed by atoms with E-state index in [1.807, 2.05) is 6.92 Å². The molecule has 1 aliphatic rings. The maximum absolute atomic E-state index is 12.6. The number of esters is 1. The lowest BCUT2D eigenvalue weighted by molar-refractivity contribution is -0.899. The van der Waals surface area contributed by atoms with Crippen LogP contribution in [0.1, 0.15) is 39.0 Å². The van der Waals surface area contributed by atoms with E-state index in [1.165, 1.54) is 4.90 Å². The maximum atomic E-state index is 12.6. The smallest absolute Gasteiger partial charge is 0.340 e. The van der Waals surface area contributed by atoms with Crippen molar-refractivity contribution in [2.75, 3.05) is 39.5 Å². The number of H-pyrrole nitrogens is 1. The van der Waals surface area contributed by atoms with Crippen molar-refractivity contribution in [1.82, 2.24) is 4.98 Å². The average Bonchev–Trinajstić information content (AvgIpc) is 2.75. The molecule has 1 saturated heterocycles. The summed E-state index contributed by atoms with van der Waals surface area (Å²) in [5.74, 6) is -0.448. The lowest BCUT2D eigenvalue weighted by Crippen LogP contribution is -3.14. The number of rotatable bonds is 5. The van der Waals surface area contributed by atoms with Crippen molar-refractivity contribution in [1.29, 1.82) is 0 Å². The number of nitrogens with one attached hydrogen (secondary N) is 2. The van der Waals surface area contributed by atoms with Gasteiger partial charge in [-0.25, -0.2) is 4.79 Å². The fourth-order valence-corrected chi connectivity index (χ4v) is 2.74. The Morgan fingerprint density at radius 1 is 1.19 bits per heavy atom. The summed E-state index contributed by atoms with van der Waals surface area (Å²) in [5.41, 5.74) is 2.27. The minimum absolute atomic E-state index is 0.0168. The molecular weight excluding hydrogens is 272 g/mol. The van der Waals surface area contributed by atoms with Gasteiger partial charge >= 0.3 is 5.97 Å².